The summed E-state index contributed by atoms with van der Waals surface area (Å²) in [6.07, 6.45) is 0.487. The van der Waals surface area contributed by atoms with Crippen molar-refractivity contribution in [3.8, 4) is 5.75 Å². The highest BCUT2D eigenvalue weighted by atomic mass is 35.5. The van der Waals surface area contributed by atoms with Gasteiger partial charge in [0.1, 0.15) is 12.4 Å². The maximum absolute atomic E-state index is 12.5. The lowest BCUT2D eigenvalue weighted by Gasteiger charge is -2.36. The Morgan fingerprint density at radius 2 is 1.80 bits per heavy atom. The van der Waals surface area contributed by atoms with Crippen LogP contribution in [-0.4, -0.2) is 56.2 Å². The van der Waals surface area contributed by atoms with Crippen molar-refractivity contribution < 1.29 is 19.1 Å². The molecule has 0 radical (unpaired) electrons. The van der Waals surface area contributed by atoms with Gasteiger partial charge in [0.2, 0.25) is 0 Å². The first-order valence-electron chi connectivity index (χ1n) is 9.86. The molecule has 6 nitrogen and oxygen atoms in total. The van der Waals surface area contributed by atoms with Crippen LogP contribution in [0.25, 0.3) is 0 Å². The van der Waals surface area contributed by atoms with E-state index >= 15 is 0 Å². The van der Waals surface area contributed by atoms with Crippen LogP contribution in [0.2, 0.25) is 10.0 Å². The molecule has 0 saturated carbocycles. The smallest absolute Gasteiger partial charge is 0.313 e. The molecule has 1 atom stereocenters. The summed E-state index contributed by atoms with van der Waals surface area (Å²) in [5.41, 5.74) is 1.91. The number of carbonyl (C=O) groups excluding carboxylic acids is 2. The Labute approximate surface area is 185 Å². The molecule has 0 spiro atoms. The van der Waals surface area contributed by atoms with E-state index in [0.717, 1.165) is 17.0 Å². The molecule has 0 aliphatic carbocycles. The van der Waals surface area contributed by atoms with E-state index in [0.29, 0.717) is 42.6 Å². The summed E-state index contributed by atoms with van der Waals surface area (Å²) in [7, 11) is 0. The minimum atomic E-state index is -0.441. The molecule has 1 unspecified atom stereocenters. The molecule has 2 aliphatic rings. The number of hydrogen-bond donors (Lipinski definition) is 0. The summed E-state index contributed by atoms with van der Waals surface area (Å²) in [6, 6.07) is 13.0. The van der Waals surface area contributed by atoms with E-state index in [1.165, 1.54) is 0 Å². The maximum Gasteiger partial charge on any atom is 0.313 e. The summed E-state index contributed by atoms with van der Waals surface area (Å²) in [5, 5.41) is 1.29. The molecule has 0 aromatic heterocycles. The Hall–Kier alpha value is -2.44. The Balaban J connectivity index is 1.25. The van der Waals surface area contributed by atoms with Gasteiger partial charge in [0, 0.05) is 41.9 Å². The molecule has 4 rings (SSSR count). The van der Waals surface area contributed by atoms with Crippen LogP contribution in [-0.2, 0) is 20.7 Å². The molecule has 2 aromatic carbocycles. The van der Waals surface area contributed by atoms with Crippen LogP contribution < -0.4 is 9.64 Å². The molecular formula is C22H22Cl2N2O4. The van der Waals surface area contributed by atoms with Crippen molar-refractivity contribution in [3.05, 3.63) is 58.1 Å². The number of carbonyl (C=O) groups is 2. The third kappa shape index (κ3) is 4.82. The number of piperazine rings is 1. The zero-order valence-electron chi connectivity index (χ0n) is 16.4. The molecule has 2 heterocycles. The number of fused-ring (bicyclic) bond motifs is 1. The number of halogens is 2. The van der Waals surface area contributed by atoms with Crippen LogP contribution in [0.5, 0.6) is 5.75 Å². The van der Waals surface area contributed by atoms with E-state index in [4.69, 9.17) is 32.7 Å². The molecule has 1 saturated heterocycles. The molecule has 8 heteroatoms. The molecule has 0 N–H and O–H groups in total. The van der Waals surface area contributed by atoms with Crippen LogP contribution in [0, 0.1) is 5.92 Å². The molecule has 2 aromatic rings. The standard InChI is InChI=1S/C22H22Cl2N2O4/c23-17-2-1-3-19(12-17)25-6-8-26(9-7-25)21(27)14-30-22(28)16-10-15-11-18(24)4-5-20(15)29-13-16/h1-5,11-12,16H,6-10,13-14H2. The number of rotatable bonds is 4. The van der Waals surface area contributed by atoms with Crippen molar-refractivity contribution in [2.24, 2.45) is 5.92 Å². The van der Waals surface area contributed by atoms with Crippen molar-refractivity contribution in [2.45, 2.75) is 6.42 Å². The lowest BCUT2D eigenvalue weighted by atomic mass is 9.97. The van der Waals surface area contributed by atoms with Gasteiger partial charge >= 0.3 is 5.97 Å². The van der Waals surface area contributed by atoms with E-state index in [1.807, 2.05) is 24.3 Å². The predicted molar refractivity (Wildman–Crippen MR) is 115 cm³/mol. The molecule has 0 bridgehead atoms. The highest BCUT2D eigenvalue weighted by Crippen LogP contribution is 2.30. The number of ether oxygens (including phenoxy) is 2. The molecule has 30 heavy (non-hydrogen) atoms. The summed E-state index contributed by atoms with van der Waals surface area (Å²) in [5.74, 6) is -0.318. The van der Waals surface area contributed by atoms with Gasteiger partial charge in [-0.25, -0.2) is 0 Å². The highest BCUT2D eigenvalue weighted by Gasteiger charge is 2.29. The third-order valence-electron chi connectivity index (χ3n) is 5.41. The minimum Gasteiger partial charge on any atom is -0.492 e. The summed E-state index contributed by atoms with van der Waals surface area (Å²) in [6.45, 7) is 2.53. The van der Waals surface area contributed by atoms with Crippen molar-refractivity contribution >= 4 is 40.8 Å². The number of nitrogens with zero attached hydrogens (tertiary/aromatic N) is 2. The van der Waals surface area contributed by atoms with Crippen molar-refractivity contribution in [2.75, 3.05) is 44.3 Å². The van der Waals surface area contributed by atoms with E-state index < -0.39 is 11.9 Å². The second kappa shape index (κ2) is 9.14. The van der Waals surface area contributed by atoms with Gasteiger partial charge < -0.3 is 19.3 Å². The summed E-state index contributed by atoms with van der Waals surface area (Å²) < 4.78 is 10.9. The van der Waals surface area contributed by atoms with Gasteiger partial charge in [-0.1, -0.05) is 29.3 Å². The number of esters is 1. The van der Waals surface area contributed by atoms with Crippen LogP contribution in [0.3, 0.4) is 0 Å². The van der Waals surface area contributed by atoms with Gasteiger partial charge in [-0.05, 0) is 48.4 Å². The lowest BCUT2D eigenvalue weighted by Crippen LogP contribution is -2.50. The van der Waals surface area contributed by atoms with Gasteiger partial charge in [0.15, 0.2) is 6.61 Å². The maximum atomic E-state index is 12.5. The molecule has 1 fully saturated rings. The largest absolute Gasteiger partial charge is 0.492 e. The average molecular weight is 449 g/mol. The van der Waals surface area contributed by atoms with Gasteiger partial charge in [-0.2, -0.15) is 0 Å². The van der Waals surface area contributed by atoms with Crippen LogP contribution >= 0.6 is 23.2 Å². The van der Waals surface area contributed by atoms with Crippen LogP contribution in [0.4, 0.5) is 5.69 Å². The SMILES string of the molecule is O=C(OCC(=O)N1CCN(c2cccc(Cl)c2)CC1)C1COc2ccc(Cl)cc2C1. The minimum absolute atomic E-state index is 0.186. The van der Waals surface area contributed by atoms with Gasteiger partial charge in [0.25, 0.3) is 5.91 Å². The second-order valence-electron chi connectivity index (χ2n) is 7.42. The fourth-order valence-electron chi connectivity index (χ4n) is 3.74. The van der Waals surface area contributed by atoms with Gasteiger partial charge in [-0.3, -0.25) is 9.59 Å². The monoisotopic (exact) mass is 448 g/mol. The van der Waals surface area contributed by atoms with Gasteiger partial charge in [-0.15, -0.1) is 0 Å². The quantitative estimate of drug-likeness (QED) is 0.670. The number of amides is 1. The topological polar surface area (TPSA) is 59.1 Å². The number of anilines is 1. The first kappa shape index (κ1) is 20.8. The molecule has 158 valence electrons. The predicted octanol–water partition coefficient (Wildman–Crippen LogP) is 3.44. The van der Waals surface area contributed by atoms with E-state index in [-0.39, 0.29) is 19.1 Å². The van der Waals surface area contributed by atoms with E-state index in [1.54, 1.807) is 23.1 Å². The molecule has 2 aliphatic heterocycles. The number of benzene rings is 2. The Morgan fingerprint density at radius 3 is 2.57 bits per heavy atom. The first-order chi connectivity index (χ1) is 14.5. The van der Waals surface area contributed by atoms with Crippen LogP contribution in [0.1, 0.15) is 5.56 Å². The summed E-state index contributed by atoms with van der Waals surface area (Å²) in [4.78, 5) is 28.8. The Bertz CT molecular complexity index is 944. The van der Waals surface area contributed by atoms with E-state index in [9.17, 15) is 9.59 Å². The number of hydrogen-bond acceptors (Lipinski definition) is 5. The second-order valence-corrected chi connectivity index (χ2v) is 8.29. The molecular weight excluding hydrogens is 427 g/mol. The Kier molecular flexibility index (Phi) is 6.35. The fourth-order valence-corrected chi connectivity index (χ4v) is 4.12. The normalized spacial score (nSPS) is 18.4. The van der Waals surface area contributed by atoms with Crippen molar-refractivity contribution in [1.82, 2.24) is 4.90 Å². The third-order valence-corrected chi connectivity index (χ3v) is 5.88. The highest BCUT2D eigenvalue weighted by molar-refractivity contribution is 6.31. The summed E-state index contributed by atoms with van der Waals surface area (Å²) >= 11 is 12.1. The zero-order valence-corrected chi connectivity index (χ0v) is 17.9. The van der Waals surface area contributed by atoms with Gasteiger partial charge in [0.05, 0.1) is 5.92 Å². The Morgan fingerprint density at radius 1 is 1.03 bits per heavy atom. The average Bonchev–Trinajstić information content (AvgIpc) is 2.76. The lowest BCUT2D eigenvalue weighted by molar-refractivity contribution is -0.156. The first-order valence-corrected chi connectivity index (χ1v) is 10.6. The van der Waals surface area contributed by atoms with Crippen molar-refractivity contribution in [3.63, 3.8) is 0 Å². The zero-order chi connectivity index (χ0) is 21.1. The van der Waals surface area contributed by atoms with E-state index in [2.05, 4.69) is 4.90 Å². The van der Waals surface area contributed by atoms with Crippen molar-refractivity contribution in [1.29, 1.82) is 0 Å². The molecule has 1 amide bonds. The van der Waals surface area contributed by atoms with Crippen LogP contribution in [0.15, 0.2) is 42.5 Å². The fraction of sp³-hybridized carbons (Fsp3) is 0.364.